The van der Waals surface area contributed by atoms with Crippen LogP contribution >= 0.6 is 15.9 Å². The molecule has 16 heavy (non-hydrogen) atoms. The van der Waals surface area contributed by atoms with Crippen LogP contribution in [-0.4, -0.2) is 29.4 Å². The molecule has 0 bridgehead atoms. The van der Waals surface area contributed by atoms with E-state index in [1.54, 1.807) is 0 Å². The van der Waals surface area contributed by atoms with Crippen molar-refractivity contribution >= 4 is 33.3 Å². The number of anilines is 1. The minimum Gasteiger partial charge on any atom is -0.360 e. The van der Waals surface area contributed by atoms with Gasteiger partial charge >= 0.3 is 0 Å². The van der Waals surface area contributed by atoms with Gasteiger partial charge in [-0.3, -0.25) is 14.9 Å². The number of nitrogens with one attached hydrogen (secondary N) is 2. The Morgan fingerprint density at radius 3 is 2.88 bits per heavy atom. The molecule has 0 saturated carbocycles. The van der Waals surface area contributed by atoms with Crippen LogP contribution < -0.4 is 10.6 Å². The van der Waals surface area contributed by atoms with Crippen LogP contribution in [0.25, 0.3) is 0 Å². The van der Waals surface area contributed by atoms with E-state index < -0.39 is 4.92 Å². The summed E-state index contributed by atoms with van der Waals surface area (Å²) in [4.78, 5) is 24.7. The number of carbonyl (C=O) groups excluding carboxylic acids is 1. The fourth-order valence-electron chi connectivity index (χ4n) is 0.910. The maximum atomic E-state index is 10.9. The average Bonchev–Trinajstić information content (AvgIpc) is 2.26. The van der Waals surface area contributed by atoms with Gasteiger partial charge in [-0.1, -0.05) is 0 Å². The molecule has 0 radical (unpaired) electrons. The van der Waals surface area contributed by atoms with Crippen LogP contribution in [0, 0.1) is 10.1 Å². The minimum atomic E-state index is -0.541. The molecule has 0 aliphatic carbocycles. The smallest absolute Gasteiger partial charge is 0.288 e. The van der Waals surface area contributed by atoms with Crippen molar-refractivity contribution in [3.8, 4) is 0 Å². The lowest BCUT2D eigenvalue weighted by Gasteiger charge is -2.05. The Hall–Kier alpha value is -1.70. The summed E-state index contributed by atoms with van der Waals surface area (Å²) >= 11 is 3.13. The first-order valence-corrected chi connectivity index (χ1v) is 5.08. The lowest BCUT2D eigenvalue weighted by molar-refractivity contribution is -0.385. The van der Waals surface area contributed by atoms with Crippen LogP contribution in [0.2, 0.25) is 0 Å². The highest BCUT2D eigenvalue weighted by Gasteiger charge is 2.10. The van der Waals surface area contributed by atoms with E-state index in [1.807, 2.05) is 0 Å². The SMILES string of the molecule is CNC(=O)CNc1ncc([N+](=O)[O-])cc1Br. The maximum Gasteiger partial charge on any atom is 0.288 e. The normalized spacial score (nSPS) is 9.62. The van der Waals surface area contributed by atoms with Gasteiger partial charge in [0.2, 0.25) is 5.91 Å². The standard InChI is InChI=1S/C8H9BrN4O3/c1-10-7(14)4-12-8-6(9)2-5(3-11-8)13(15)16/h2-3H,4H2,1H3,(H,10,14)(H,11,12). The molecule has 0 spiro atoms. The molecule has 0 aliphatic rings. The molecule has 2 N–H and O–H groups in total. The van der Waals surface area contributed by atoms with Gasteiger partial charge < -0.3 is 10.6 Å². The summed E-state index contributed by atoms with van der Waals surface area (Å²) < 4.78 is 0.436. The molecule has 0 aromatic carbocycles. The van der Waals surface area contributed by atoms with Crippen LogP contribution in [-0.2, 0) is 4.79 Å². The lowest BCUT2D eigenvalue weighted by atomic mass is 10.4. The summed E-state index contributed by atoms with van der Waals surface area (Å²) in [5.74, 6) is 0.182. The zero-order valence-electron chi connectivity index (χ0n) is 8.36. The number of rotatable bonds is 4. The van der Waals surface area contributed by atoms with Crippen molar-refractivity contribution in [2.24, 2.45) is 0 Å². The number of pyridine rings is 1. The molecule has 86 valence electrons. The molecule has 0 saturated heterocycles. The third-order valence-electron chi connectivity index (χ3n) is 1.73. The molecule has 1 rings (SSSR count). The Morgan fingerprint density at radius 1 is 1.69 bits per heavy atom. The largest absolute Gasteiger partial charge is 0.360 e. The summed E-state index contributed by atoms with van der Waals surface area (Å²) in [7, 11) is 1.52. The third-order valence-corrected chi connectivity index (χ3v) is 2.34. The highest BCUT2D eigenvalue weighted by atomic mass is 79.9. The van der Waals surface area contributed by atoms with Crippen molar-refractivity contribution < 1.29 is 9.72 Å². The van der Waals surface area contributed by atoms with Crippen LogP contribution in [0.15, 0.2) is 16.7 Å². The second-order valence-electron chi connectivity index (χ2n) is 2.81. The van der Waals surface area contributed by atoms with Gasteiger partial charge in [-0.2, -0.15) is 0 Å². The Labute approximate surface area is 99.5 Å². The molecule has 0 fully saturated rings. The van der Waals surface area contributed by atoms with Gasteiger partial charge in [0, 0.05) is 13.1 Å². The van der Waals surface area contributed by atoms with E-state index >= 15 is 0 Å². The molecule has 7 nitrogen and oxygen atoms in total. The van der Waals surface area contributed by atoms with E-state index in [2.05, 4.69) is 31.5 Å². The van der Waals surface area contributed by atoms with Gasteiger partial charge in [0.05, 0.1) is 15.9 Å². The molecule has 0 unspecified atom stereocenters. The summed E-state index contributed by atoms with van der Waals surface area (Å²) in [6.45, 7) is 0.0555. The van der Waals surface area contributed by atoms with E-state index in [-0.39, 0.29) is 18.1 Å². The minimum absolute atomic E-state index is 0.0555. The van der Waals surface area contributed by atoms with Crippen molar-refractivity contribution in [3.05, 3.63) is 26.9 Å². The molecule has 1 aromatic rings. The highest BCUT2D eigenvalue weighted by Crippen LogP contribution is 2.23. The second-order valence-corrected chi connectivity index (χ2v) is 3.66. The van der Waals surface area contributed by atoms with Crippen molar-refractivity contribution in [1.29, 1.82) is 0 Å². The fourth-order valence-corrected chi connectivity index (χ4v) is 1.39. The number of hydrogen-bond donors (Lipinski definition) is 2. The number of aromatic nitrogens is 1. The number of nitro groups is 1. The number of hydrogen-bond acceptors (Lipinski definition) is 5. The summed E-state index contributed by atoms with van der Waals surface area (Å²) in [5, 5.41) is 15.6. The molecule has 0 atom stereocenters. The van der Waals surface area contributed by atoms with Crippen molar-refractivity contribution in [2.75, 3.05) is 18.9 Å². The molecular weight excluding hydrogens is 280 g/mol. The van der Waals surface area contributed by atoms with Crippen LogP contribution in [0.4, 0.5) is 11.5 Å². The first-order chi connectivity index (χ1) is 7.54. The third kappa shape index (κ3) is 3.16. The molecule has 1 aromatic heterocycles. The lowest BCUT2D eigenvalue weighted by Crippen LogP contribution is -2.26. The van der Waals surface area contributed by atoms with E-state index in [0.717, 1.165) is 6.20 Å². The first-order valence-electron chi connectivity index (χ1n) is 4.29. The Kier molecular flexibility index (Phi) is 4.18. The summed E-state index contributed by atoms with van der Waals surface area (Å²) in [5.41, 5.74) is -0.114. The fraction of sp³-hybridized carbons (Fsp3) is 0.250. The van der Waals surface area contributed by atoms with Gasteiger partial charge in [-0.15, -0.1) is 0 Å². The second kappa shape index (κ2) is 5.40. The molecule has 1 amide bonds. The van der Waals surface area contributed by atoms with Gasteiger partial charge in [-0.25, -0.2) is 4.98 Å². The summed E-state index contributed by atoms with van der Waals surface area (Å²) in [6.07, 6.45) is 1.12. The van der Waals surface area contributed by atoms with Gasteiger partial charge in [0.15, 0.2) is 0 Å². The van der Waals surface area contributed by atoms with Crippen LogP contribution in [0.5, 0.6) is 0 Å². The van der Waals surface area contributed by atoms with Crippen molar-refractivity contribution in [2.45, 2.75) is 0 Å². The predicted molar refractivity (Wildman–Crippen MR) is 61.1 cm³/mol. The molecule has 0 aliphatic heterocycles. The topological polar surface area (TPSA) is 97.2 Å². The highest BCUT2D eigenvalue weighted by molar-refractivity contribution is 9.10. The molecule has 8 heteroatoms. The number of halogens is 1. The van der Waals surface area contributed by atoms with Crippen molar-refractivity contribution in [3.63, 3.8) is 0 Å². The Bertz CT molecular complexity index is 424. The quantitative estimate of drug-likeness (QED) is 0.634. The molecule has 1 heterocycles. The molecular formula is C8H9BrN4O3. The summed E-state index contributed by atoms with van der Waals surface area (Å²) in [6, 6.07) is 1.32. The van der Waals surface area contributed by atoms with Gasteiger partial charge in [0.1, 0.15) is 12.0 Å². The zero-order chi connectivity index (χ0) is 12.1. The van der Waals surface area contributed by atoms with E-state index in [0.29, 0.717) is 10.3 Å². The van der Waals surface area contributed by atoms with E-state index in [9.17, 15) is 14.9 Å². The van der Waals surface area contributed by atoms with Gasteiger partial charge in [-0.05, 0) is 15.9 Å². The van der Waals surface area contributed by atoms with Crippen LogP contribution in [0.1, 0.15) is 0 Å². The number of likely N-dealkylation sites (N-methyl/N-ethyl adjacent to an activating group) is 1. The number of nitrogens with zero attached hydrogens (tertiary/aromatic N) is 2. The van der Waals surface area contributed by atoms with Crippen molar-refractivity contribution in [1.82, 2.24) is 10.3 Å². The monoisotopic (exact) mass is 288 g/mol. The van der Waals surface area contributed by atoms with E-state index in [1.165, 1.54) is 13.1 Å². The number of amides is 1. The number of carbonyl (C=O) groups is 1. The van der Waals surface area contributed by atoms with Crippen LogP contribution in [0.3, 0.4) is 0 Å². The Morgan fingerprint density at radius 2 is 2.38 bits per heavy atom. The zero-order valence-corrected chi connectivity index (χ0v) is 9.94. The first kappa shape index (κ1) is 12.4. The Balaban J connectivity index is 2.75. The van der Waals surface area contributed by atoms with E-state index in [4.69, 9.17) is 0 Å². The maximum absolute atomic E-state index is 10.9. The van der Waals surface area contributed by atoms with Gasteiger partial charge in [0.25, 0.3) is 5.69 Å². The average molecular weight is 289 g/mol. The predicted octanol–water partition coefficient (Wildman–Crippen LogP) is 0.910.